The van der Waals surface area contributed by atoms with E-state index in [1.807, 2.05) is 18.2 Å². The van der Waals surface area contributed by atoms with Crippen LogP contribution in [0.4, 0.5) is 0 Å². The molecule has 0 saturated heterocycles. The zero-order valence-electron chi connectivity index (χ0n) is 10.6. The molecule has 19 heavy (non-hydrogen) atoms. The Kier molecular flexibility index (Phi) is 5.31. The lowest BCUT2D eigenvalue weighted by Crippen LogP contribution is -2.24. The van der Waals surface area contributed by atoms with Crippen LogP contribution in [0.25, 0.3) is 0 Å². The Bertz CT molecular complexity index is 548. The predicted molar refractivity (Wildman–Crippen MR) is 81.3 cm³/mol. The highest BCUT2D eigenvalue weighted by Crippen LogP contribution is 2.26. The SMILES string of the molecule is CCNC(Cc1ccncc1Cl)c1ncccc1Br. The van der Waals surface area contributed by atoms with E-state index in [0.717, 1.165) is 28.7 Å². The molecule has 0 fully saturated rings. The van der Waals surface area contributed by atoms with Crippen LogP contribution in [0, 0.1) is 0 Å². The molecule has 0 amide bonds. The number of nitrogens with zero attached hydrogens (tertiary/aromatic N) is 2. The number of aromatic nitrogens is 2. The molecule has 0 aromatic carbocycles. The molecule has 2 aromatic rings. The Morgan fingerprint density at radius 2 is 2.21 bits per heavy atom. The lowest BCUT2D eigenvalue weighted by molar-refractivity contribution is 0.534. The second kappa shape index (κ2) is 6.98. The zero-order valence-corrected chi connectivity index (χ0v) is 12.9. The summed E-state index contributed by atoms with van der Waals surface area (Å²) < 4.78 is 1.01. The van der Waals surface area contributed by atoms with Gasteiger partial charge in [0.2, 0.25) is 0 Å². The van der Waals surface area contributed by atoms with Gasteiger partial charge in [0.15, 0.2) is 0 Å². The van der Waals surface area contributed by atoms with Crippen LogP contribution in [0.3, 0.4) is 0 Å². The fourth-order valence-corrected chi connectivity index (χ4v) is 2.68. The van der Waals surface area contributed by atoms with Crippen LogP contribution in [0.2, 0.25) is 5.02 Å². The van der Waals surface area contributed by atoms with E-state index >= 15 is 0 Å². The molecule has 5 heteroatoms. The Labute approximate surface area is 126 Å². The maximum atomic E-state index is 6.17. The zero-order chi connectivity index (χ0) is 13.7. The van der Waals surface area contributed by atoms with Gasteiger partial charge in [-0.1, -0.05) is 18.5 Å². The lowest BCUT2D eigenvalue weighted by atomic mass is 10.0. The average molecular weight is 341 g/mol. The molecule has 2 aromatic heterocycles. The molecule has 1 unspecified atom stereocenters. The van der Waals surface area contributed by atoms with Crippen molar-refractivity contribution >= 4 is 27.5 Å². The molecule has 0 aliphatic rings. The van der Waals surface area contributed by atoms with Crippen molar-refractivity contribution in [1.82, 2.24) is 15.3 Å². The van der Waals surface area contributed by atoms with Crippen LogP contribution in [-0.2, 0) is 6.42 Å². The number of hydrogen-bond acceptors (Lipinski definition) is 3. The molecule has 0 saturated carbocycles. The summed E-state index contributed by atoms with van der Waals surface area (Å²) in [5.74, 6) is 0. The average Bonchev–Trinajstić information content (AvgIpc) is 2.41. The fraction of sp³-hybridized carbons (Fsp3) is 0.286. The molecule has 0 aliphatic carbocycles. The van der Waals surface area contributed by atoms with Gasteiger partial charge in [-0.05, 0) is 52.7 Å². The van der Waals surface area contributed by atoms with Crippen molar-refractivity contribution in [1.29, 1.82) is 0 Å². The molecule has 1 N–H and O–H groups in total. The monoisotopic (exact) mass is 339 g/mol. The van der Waals surface area contributed by atoms with E-state index in [4.69, 9.17) is 11.6 Å². The Balaban J connectivity index is 2.27. The number of halogens is 2. The first kappa shape index (κ1) is 14.4. The summed E-state index contributed by atoms with van der Waals surface area (Å²) in [6, 6.07) is 5.99. The molecule has 0 aliphatic heterocycles. The van der Waals surface area contributed by atoms with Crippen molar-refractivity contribution in [2.24, 2.45) is 0 Å². The molecular formula is C14H15BrClN3. The highest BCUT2D eigenvalue weighted by Gasteiger charge is 2.16. The van der Waals surface area contributed by atoms with Gasteiger partial charge < -0.3 is 5.32 Å². The second-order valence-corrected chi connectivity index (χ2v) is 5.41. The van der Waals surface area contributed by atoms with E-state index in [2.05, 4.69) is 38.1 Å². The van der Waals surface area contributed by atoms with Crippen LogP contribution < -0.4 is 5.32 Å². The third kappa shape index (κ3) is 3.75. The van der Waals surface area contributed by atoms with E-state index in [-0.39, 0.29) is 6.04 Å². The molecule has 0 spiro atoms. The van der Waals surface area contributed by atoms with Crippen LogP contribution >= 0.6 is 27.5 Å². The van der Waals surface area contributed by atoms with Crippen molar-refractivity contribution < 1.29 is 0 Å². The van der Waals surface area contributed by atoms with Gasteiger partial charge in [-0.15, -0.1) is 0 Å². The summed E-state index contributed by atoms with van der Waals surface area (Å²) in [5.41, 5.74) is 2.07. The minimum Gasteiger partial charge on any atom is -0.309 e. The highest BCUT2D eigenvalue weighted by molar-refractivity contribution is 9.10. The summed E-state index contributed by atoms with van der Waals surface area (Å²) in [6.07, 6.45) is 6.02. The summed E-state index contributed by atoms with van der Waals surface area (Å²) in [6.45, 7) is 2.95. The summed E-state index contributed by atoms with van der Waals surface area (Å²) in [7, 11) is 0. The van der Waals surface area contributed by atoms with Gasteiger partial charge in [-0.3, -0.25) is 9.97 Å². The van der Waals surface area contributed by atoms with Crippen molar-refractivity contribution in [3.63, 3.8) is 0 Å². The van der Waals surface area contributed by atoms with Crippen LogP contribution in [-0.4, -0.2) is 16.5 Å². The topological polar surface area (TPSA) is 37.8 Å². The second-order valence-electron chi connectivity index (χ2n) is 4.15. The summed E-state index contributed by atoms with van der Waals surface area (Å²) in [5, 5.41) is 4.14. The predicted octanol–water partition coefficient (Wildman–Crippen LogP) is 3.79. The van der Waals surface area contributed by atoms with E-state index in [0.29, 0.717) is 5.02 Å². The molecule has 2 heterocycles. The largest absolute Gasteiger partial charge is 0.309 e. The number of nitrogens with one attached hydrogen (secondary N) is 1. The number of rotatable bonds is 5. The Morgan fingerprint density at radius 3 is 2.89 bits per heavy atom. The first-order valence-corrected chi connectivity index (χ1v) is 7.31. The van der Waals surface area contributed by atoms with Crippen LogP contribution in [0.15, 0.2) is 41.3 Å². The quantitative estimate of drug-likeness (QED) is 0.900. The molecule has 100 valence electrons. The first-order chi connectivity index (χ1) is 9.22. The van der Waals surface area contributed by atoms with E-state index in [9.17, 15) is 0 Å². The van der Waals surface area contributed by atoms with Gasteiger partial charge in [0.1, 0.15) is 0 Å². The van der Waals surface area contributed by atoms with Gasteiger partial charge >= 0.3 is 0 Å². The number of likely N-dealkylation sites (N-methyl/N-ethyl adjacent to an activating group) is 1. The van der Waals surface area contributed by atoms with Gasteiger partial charge in [0.05, 0.1) is 16.8 Å². The molecule has 2 rings (SSSR count). The minimum absolute atomic E-state index is 0.125. The molecule has 0 radical (unpaired) electrons. The standard InChI is InChI=1S/C14H15BrClN3/c1-2-18-13(14-11(15)4-3-6-19-14)8-10-5-7-17-9-12(10)16/h3-7,9,13,18H,2,8H2,1H3. The van der Waals surface area contributed by atoms with Crippen molar-refractivity contribution in [3.8, 4) is 0 Å². The Hall–Kier alpha value is -0.970. The normalized spacial score (nSPS) is 12.4. The fourth-order valence-electron chi connectivity index (χ4n) is 1.96. The van der Waals surface area contributed by atoms with E-state index in [1.54, 1.807) is 18.6 Å². The highest BCUT2D eigenvalue weighted by atomic mass is 79.9. The van der Waals surface area contributed by atoms with Crippen molar-refractivity contribution in [3.05, 3.63) is 57.5 Å². The van der Waals surface area contributed by atoms with E-state index in [1.165, 1.54) is 0 Å². The summed E-state index contributed by atoms with van der Waals surface area (Å²) >= 11 is 9.72. The van der Waals surface area contributed by atoms with Crippen molar-refractivity contribution in [2.75, 3.05) is 6.54 Å². The number of hydrogen-bond donors (Lipinski definition) is 1. The minimum atomic E-state index is 0.125. The Morgan fingerprint density at radius 1 is 1.37 bits per heavy atom. The summed E-state index contributed by atoms with van der Waals surface area (Å²) in [4.78, 5) is 8.47. The van der Waals surface area contributed by atoms with Gasteiger partial charge in [-0.2, -0.15) is 0 Å². The van der Waals surface area contributed by atoms with Gasteiger partial charge in [0.25, 0.3) is 0 Å². The maximum absolute atomic E-state index is 6.17. The van der Waals surface area contributed by atoms with Gasteiger partial charge in [0, 0.05) is 23.1 Å². The number of pyridine rings is 2. The van der Waals surface area contributed by atoms with E-state index < -0.39 is 0 Å². The van der Waals surface area contributed by atoms with Crippen LogP contribution in [0.1, 0.15) is 24.2 Å². The maximum Gasteiger partial charge on any atom is 0.0718 e. The smallest absolute Gasteiger partial charge is 0.0718 e. The molecule has 0 bridgehead atoms. The lowest BCUT2D eigenvalue weighted by Gasteiger charge is -2.19. The molecular weight excluding hydrogens is 326 g/mol. The van der Waals surface area contributed by atoms with Gasteiger partial charge in [-0.25, -0.2) is 0 Å². The van der Waals surface area contributed by atoms with Crippen LogP contribution in [0.5, 0.6) is 0 Å². The third-order valence-electron chi connectivity index (χ3n) is 2.85. The molecule has 3 nitrogen and oxygen atoms in total. The first-order valence-electron chi connectivity index (χ1n) is 6.14. The third-order valence-corrected chi connectivity index (χ3v) is 3.86. The van der Waals surface area contributed by atoms with Crippen molar-refractivity contribution in [2.45, 2.75) is 19.4 Å². The molecule has 1 atom stereocenters.